The van der Waals surface area contributed by atoms with E-state index in [9.17, 15) is 37.5 Å². The summed E-state index contributed by atoms with van der Waals surface area (Å²) < 4.78 is 59.0. The van der Waals surface area contributed by atoms with Crippen molar-refractivity contribution in [3.63, 3.8) is 0 Å². The predicted octanol–water partition coefficient (Wildman–Crippen LogP) is 4.03. The van der Waals surface area contributed by atoms with Crippen LogP contribution in [0.4, 0.5) is 27.9 Å². The fraction of sp³-hybridized carbons (Fsp3) is 0.533. The van der Waals surface area contributed by atoms with Gasteiger partial charge in [-0.3, -0.25) is 10.1 Å². The second-order valence-corrected chi connectivity index (χ2v) is 13.5. The molecule has 17 nitrogen and oxygen atoms in total. The van der Waals surface area contributed by atoms with Crippen LogP contribution in [0.25, 0.3) is 0 Å². The van der Waals surface area contributed by atoms with Gasteiger partial charge >= 0.3 is 30.2 Å². The van der Waals surface area contributed by atoms with E-state index >= 15 is 0 Å². The van der Waals surface area contributed by atoms with Gasteiger partial charge in [-0.15, -0.1) is 0 Å². The van der Waals surface area contributed by atoms with Crippen LogP contribution in [0, 0.1) is 0 Å². The number of nitrogens with zero attached hydrogens (tertiary/aromatic N) is 5. The van der Waals surface area contributed by atoms with Gasteiger partial charge in [-0.25, -0.2) is 14.4 Å². The fourth-order valence-corrected chi connectivity index (χ4v) is 4.59. The molecule has 2 heterocycles. The maximum Gasteiger partial charge on any atom is 0.473 e. The quantitative estimate of drug-likeness (QED) is 0.105. The minimum atomic E-state index is -5.17. The van der Waals surface area contributed by atoms with E-state index in [1.807, 2.05) is 0 Å². The number of alkyl halides is 3. The molecule has 0 spiro atoms. The Kier molecular flexibility index (Phi) is 13.5. The lowest BCUT2D eigenvalue weighted by Crippen LogP contribution is -2.41. The van der Waals surface area contributed by atoms with Crippen molar-refractivity contribution >= 4 is 52.4 Å². The van der Waals surface area contributed by atoms with Crippen molar-refractivity contribution in [3.05, 3.63) is 35.2 Å². The highest BCUT2D eigenvalue weighted by Crippen LogP contribution is 2.27. The Morgan fingerprint density at radius 2 is 1.59 bits per heavy atom. The summed E-state index contributed by atoms with van der Waals surface area (Å²) >= 11 is 0.717. The highest BCUT2D eigenvalue weighted by Gasteiger charge is 2.39. The van der Waals surface area contributed by atoms with Gasteiger partial charge in [0.2, 0.25) is 22.6 Å². The number of rotatable bonds is 12. The van der Waals surface area contributed by atoms with E-state index in [2.05, 4.69) is 35.5 Å². The number of fused-ring (bicyclic) bond motifs is 1. The van der Waals surface area contributed by atoms with Crippen molar-refractivity contribution in [2.45, 2.75) is 78.4 Å². The first-order valence-corrected chi connectivity index (χ1v) is 16.1. The second-order valence-electron chi connectivity index (χ2n) is 12.7. The van der Waals surface area contributed by atoms with Gasteiger partial charge < -0.3 is 39.7 Å². The summed E-state index contributed by atoms with van der Waals surface area (Å²) in [6, 6.07) is 4.99. The van der Waals surface area contributed by atoms with E-state index < -0.39 is 47.2 Å². The van der Waals surface area contributed by atoms with Gasteiger partial charge in [0.15, 0.2) is 6.61 Å². The zero-order chi connectivity index (χ0) is 38.0. The monoisotopic (exact) mass is 744 g/mol. The van der Waals surface area contributed by atoms with Crippen molar-refractivity contribution in [2.24, 2.45) is 10.1 Å². The van der Waals surface area contributed by atoms with E-state index in [4.69, 9.17) is 19.0 Å². The molecular formula is C30H39F3N8O9S. The van der Waals surface area contributed by atoms with Gasteiger partial charge in [-0.2, -0.15) is 27.5 Å². The Balaban J connectivity index is 1.54. The molecule has 4 N–H and O–H groups in total. The average molecular weight is 745 g/mol. The summed E-state index contributed by atoms with van der Waals surface area (Å²) in [5.41, 5.74) is -0.613. The highest BCUT2D eigenvalue weighted by molar-refractivity contribution is 7.10. The average Bonchev–Trinajstić information content (AvgIpc) is 3.62. The number of aliphatic carboxylic acids is 1. The number of carbonyl (C=O) groups is 4. The van der Waals surface area contributed by atoms with Gasteiger partial charge in [0.25, 0.3) is 0 Å². The third-order valence-corrected chi connectivity index (χ3v) is 6.63. The topological polar surface area (TPSA) is 215 Å². The summed E-state index contributed by atoms with van der Waals surface area (Å²) in [5.74, 6) is -3.95. The summed E-state index contributed by atoms with van der Waals surface area (Å²) in [7, 11) is 0. The summed E-state index contributed by atoms with van der Waals surface area (Å²) in [6.45, 7) is 10.4. The number of carboxylic acids is 1. The third kappa shape index (κ3) is 13.9. The van der Waals surface area contributed by atoms with Gasteiger partial charge in [0, 0.05) is 37.7 Å². The molecule has 0 saturated heterocycles. The van der Waals surface area contributed by atoms with Crippen LogP contribution in [0.1, 0.15) is 64.9 Å². The molecule has 51 heavy (non-hydrogen) atoms. The van der Waals surface area contributed by atoms with Crippen molar-refractivity contribution in [1.29, 1.82) is 0 Å². The maximum atomic E-state index is 13.1. The number of hydrogen-bond acceptors (Lipinski definition) is 12. The molecule has 0 aliphatic carbocycles. The first-order valence-electron chi connectivity index (χ1n) is 15.4. The third-order valence-electron chi connectivity index (χ3n) is 6.00. The number of hydrogen-bond donors (Lipinski definition) is 4. The van der Waals surface area contributed by atoms with Crippen LogP contribution < -0.4 is 20.7 Å². The normalized spacial score (nSPS) is 13.6. The Hall–Kier alpha value is -5.21. The standard InChI is InChI=1S/C30H39F3N8O9S/c1-28(2,3)49-26(45)35-11-7-10-34-24(37-23(44)30(31,32)33)41-15-17-8-9-19(14-18(17)16-41)47-12-13-48-39-20(22(42)43)21-36-25(51-40-21)38-27(46)50-29(4,5)6/h8-9,14H,7,10-13,15-16H2,1-6H3,(H,35,45)(H,42,43)(H,34,37,44)(H,36,38,40,46)/b39-20-. The Bertz CT molecular complexity index is 1640. The van der Waals surface area contributed by atoms with Crippen LogP contribution in [0.5, 0.6) is 5.75 Å². The number of nitrogens with one attached hydrogen (secondary N) is 3. The zero-order valence-electron chi connectivity index (χ0n) is 28.7. The first-order chi connectivity index (χ1) is 23.7. The summed E-state index contributed by atoms with van der Waals surface area (Å²) in [6.07, 6.45) is -6.31. The van der Waals surface area contributed by atoms with Crippen molar-refractivity contribution in [3.8, 4) is 5.75 Å². The fourth-order valence-electron chi connectivity index (χ4n) is 4.03. The lowest BCUT2D eigenvalue weighted by Gasteiger charge is -2.22. The van der Waals surface area contributed by atoms with Crippen LogP contribution >= 0.6 is 11.5 Å². The lowest BCUT2D eigenvalue weighted by atomic mass is 10.1. The molecule has 1 aliphatic heterocycles. The number of amides is 3. The molecule has 0 atom stereocenters. The minimum absolute atomic E-state index is 0.0135. The van der Waals surface area contributed by atoms with Crippen LogP contribution in [0.2, 0.25) is 0 Å². The number of oxime groups is 1. The Morgan fingerprint density at radius 3 is 2.24 bits per heavy atom. The van der Waals surface area contributed by atoms with Crippen molar-refractivity contribution in [2.75, 3.05) is 31.6 Å². The van der Waals surface area contributed by atoms with Gasteiger partial charge in [-0.1, -0.05) is 11.2 Å². The number of anilines is 1. The van der Waals surface area contributed by atoms with Crippen molar-refractivity contribution < 1.29 is 56.5 Å². The van der Waals surface area contributed by atoms with Crippen LogP contribution in [0.3, 0.4) is 0 Å². The number of benzene rings is 1. The molecule has 0 radical (unpaired) electrons. The predicted molar refractivity (Wildman–Crippen MR) is 176 cm³/mol. The molecule has 1 aliphatic rings. The molecule has 21 heteroatoms. The molecule has 0 bridgehead atoms. The number of ether oxygens (including phenoxy) is 3. The molecule has 0 saturated carbocycles. The van der Waals surface area contributed by atoms with E-state index in [0.29, 0.717) is 29.3 Å². The van der Waals surface area contributed by atoms with Gasteiger partial charge in [-0.05, 0) is 71.2 Å². The number of aliphatic imine (C=N–C) groups is 1. The van der Waals surface area contributed by atoms with Crippen molar-refractivity contribution in [1.82, 2.24) is 24.9 Å². The number of alkyl carbamates (subject to hydrolysis) is 1. The second kappa shape index (κ2) is 17.1. The van der Waals surface area contributed by atoms with E-state index in [1.54, 1.807) is 59.7 Å². The largest absolute Gasteiger partial charge is 0.490 e. The molecule has 1 aromatic carbocycles. The lowest BCUT2D eigenvalue weighted by molar-refractivity contribution is -0.169. The van der Waals surface area contributed by atoms with E-state index in [0.717, 1.165) is 5.56 Å². The number of carbonyl (C=O) groups excluding carboxylic acids is 3. The molecule has 280 valence electrons. The molecule has 3 amide bonds. The number of halogens is 3. The molecule has 0 fully saturated rings. The SMILES string of the molecule is CC(C)(C)OC(=O)NCCCN/C(=N\C(=O)C(F)(F)F)N1Cc2ccc(OCCO/N=C(\C(=O)O)c3nsc(NC(=O)OC(C)(C)C)n3)cc2C1. The van der Waals surface area contributed by atoms with Crippen LogP contribution in [-0.2, 0) is 37.0 Å². The number of carboxylic acid groups (broad SMARTS) is 1. The molecular weight excluding hydrogens is 705 g/mol. The highest BCUT2D eigenvalue weighted by atomic mass is 32.1. The van der Waals surface area contributed by atoms with Crippen LogP contribution in [-0.4, -0.2) is 98.8 Å². The van der Waals surface area contributed by atoms with E-state index in [-0.39, 0.29) is 56.3 Å². The van der Waals surface area contributed by atoms with E-state index in [1.165, 1.54) is 4.90 Å². The van der Waals surface area contributed by atoms with Gasteiger partial charge in [0.05, 0.1) is 0 Å². The van der Waals surface area contributed by atoms with Crippen LogP contribution in [0.15, 0.2) is 28.3 Å². The molecule has 2 aromatic rings. The number of aromatic nitrogens is 2. The van der Waals surface area contributed by atoms with Gasteiger partial charge in [0.1, 0.15) is 23.6 Å². The Morgan fingerprint density at radius 1 is 0.941 bits per heavy atom. The maximum absolute atomic E-state index is 13.1. The molecule has 0 unspecified atom stereocenters. The first kappa shape index (κ1) is 40.2. The molecule has 3 rings (SSSR count). The smallest absolute Gasteiger partial charge is 0.473 e. The summed E-state index contributed by atoms with van der Waals surface area (Å²) in [5, 5.41) is 20.7. The Labute approximate surface area is 294 Å². The zero-order valence-corrected chi connectivity index (χ0v) is 29.5. The minimum Gasteiger partial charge on any atom is -0.490 e. The summed E-state index contributed by atoms with van der Waals surface area (Å²) in [4.78, 5) is 61.0. The number of guanidine groups is 1. The molecule has 1 aromatic heterocycles.